The van der Waals surface area contributed by atoms with Crippen LogP contribution in [0, 0.1) is 0 Å². The first kappa shape index (κ1) is 24.7. The molecule has 2 N–H and O–H groups in total. The van der Waals surface area contributed by atoms with Crippen molar-refractivity contribution in [1.82, 2.24) is 24.4 Å². The van der Waals surface area contributed by atoms with Crippen LogP contribution in [-0.4, -0.2) is 88.6 Å². The third-order valence-electron chi connectivity index (χ3n) is 5.87. The number of morpholine rings is 1. The number of rotatable bonds is 12. The summed E-state index contributed by atoms with van der Waals surface area (Å²) in [4.78, 5) is 27.5. The second kappa shape index (κ2) is 11.8. The van der Waals surface area contributed by atoms with Gasteiger partial charge in [-0.05, 0) is 18.6 Å². The Labute approximate surface area is 204 Å². The monoisotopic (exact) mass is 484 g/mol. The van der Waals surface area contributed by atoms with Crippen molar-refractivity contribution in [1.29, 1.82) is 0 Å². The van der Waals surface area contributed by atoms with Crippen molar-refractivity contribution >= 4 is 23.0 Å². The second-order valence-electron chi connectivity index (χ2n) is 8.31. The molecule has 1 aliphatic rings. The van der Waals surface area contributed by atoms with Gasteiger partial charge in [0.25, 0.3) is 0 Å². The summed E-state index contributed by atoms with van der Waals surface area (Å²) >= 11 is 0. The van der Waals surface area contributed by atoms with Gasteiger partial charge >= 0.3 is 12.0 Å². The van der Waals surface area contributed by atoms with Gasteiger partial charge in [0.1, 0.15) is 5.75 Å². The summed E-state index contributed by atoms with van der Waals surface area (Å²) < 4.78 is 18.6. The zero-order chi connectivity index (χ0) is 24.6. The molecule has 0 saturated carbocycles. The molecular formula is C24H32N6O5. The highest BCUT2D eigenvalue weighted by molar-refractivity contribution is 5.88. The first-order chi connectivity index (χ1) is 17.1. The van der Waals surface area contributed by atoms with Crippen LogP contribution in [0.15, 0.2) is 24.5 Å². The molecule has 0 aliphatic carbocycles. The highest BCUT2D eigenvalue weighted by atomic mass is 16.5. The van der Waals surface area contributed by atoms with Crippen LogP contribution in [0.4, 0.5) is 5.82 Å². The number of imidazole rings is 1. The van der Waals surface area contributed by atoms with Crippen LogP contribution in [0.3, 0.4) is 0 Å². The number of carboxylic acid groups (broad SMARTS) is 1. The molecule has 3 heterocycles. The molecule has 2 aromatic heterocycles. The minimum absolute atomic E-state index is 0.168. The lowest BCUT2D eigenvalue weighted by Gasteiger charge is -2.26. The summed E-state index contributed by atoms with van der Waals surface area (Å²) in [7, 11) is 1.52. The summed E-state index contributed by atoms with van der Waals surface area (Å²) in [5, 5.41) is 12.7. The third-order valence-corrected chi connectivity index (χ3v) is 5.87. The third kappa shape index (κ3) is 6.17. The van der Waals surface area contributed by atoms with E-state index >= 15 is 0 Å². The van der Waals surface area contributed by atoms with Crippen molar-refractivity contribution in [2.75, 3.05) is 58.4 Å². The van der Waals surface area contributed by atoms with Crippen LogP contribution >= 0.6 is 0 Å². The predicted octanol–water partition coefficient (Wildman–Crippen LogP) is 2.50. The minimum Gasteiger partial charge on any atom is -0.496 e. The number of carbonyl (C=O) groups is 1. The van der Waals surface area contributed by atoms with E-state index in [0.29, 0.717) is 48.4 Å². The SMILES string of the molecule is CCCCOc1nc(NCCN2CCOCC2)c2ncn(Cc3ccc(C(=O)O)cc3OC)c2n1. The Kier molecular flexibility index (Phi) is 8.32. The lowest BCUT2D eigenvalue weighted by atomic mass is 10.1. The molecule has 11 nitrogen and oxygen atoms in total. The summed E-state index contributed by atoms with van der Waals surface area (Å²) in [6, 6.07) is 5.13. The van der Waals surface area contributed by atoms with Crippen molar-refractivity contribution < 1.29 is 24.1 Å². The fourth-order valence-corrected chi connectivity index (χ4v) is 3.88. The number of methoxy groups -OCH3 is 1. The van der Waals surface area contributed by atoms with Crippen LogP contribution in [0.2, 0.25) is 0 Å². The number of benzene rings is 1. The van der Waals surface area contributed by atoms with E-state index in [9.17, 15) is 9.90 Å². The molecule has 35 heavy (non-hydrogen) atoms. The van der Waals surface area contributed by atoms with Gasteiger partial charge in [0.05, 0.1) is 45.4 Å². The Hall–Kier alpha value is -3.44. The standard InChI is InChI=1S/C24H32N6O5/c1-3-4-11-35-24-27-21(25-7-8-29-9-12-34-13-10-29)20-22(28-24)30(16-26-20)15-18-6-5-17(23(31)32)14-19(18)33-2/h5-6,14,16H,3-4,7-13,15H2,1-2H3,(H,31,32)(H,25,27,28). The molecule has 188 valence electrons. The summed E-state index contributed by atoms with van der Waals surface area (Å²) in [6.45, 7) is 7.97. The zero-order valence-corrected chi connectivity index (χ0v) is 20.2. The van der Waals surface area contributed by atoms with Gasteiger partial charge in [-0.25, -0.2) is 9.78 Å². The van der Waals surface area contributed by atoms with Crippen LogP contribution in [0.5, 0.6) is 11.8 Å². The molecular weight excluding hydrogens is 452 g/mol. The quantitative estimate of drug-likeness (QED) is 0.371. The fraction of sp³-hybridized carbons (Fsp3) is 0.500. The van der Waals surface area contributed by atoms with Gasteiger partial charge in [-0.2, -0.15) is 9.97 Å². The highest BCUT2D eigenvalue weighted by Gasteiger charge is 2.17. The average Bonchev–Trinajstić information content (AvgIpc) is 3.27. The summed E-state index contributed by atoms with van der Waals surface area (Å²) in [5.41, 5.74) is 2.26. The highest BCUT2D eigenvalue weighted by Crippen LogP contribution is 2.26. The van der Waals surface area contributed by atoms with E-state index in [2.05, 4.69) is 32.1 Å². The van der Waals surface area contributed by atoms with Gasteiger partial charge in [0.2, 0.25) is 0 Å². The van der Waals surface area contributed by atoms with Crippen molar-refractivity contribution in [3.63, 3.8) is 0 Å². The number of fused-ring (bicyclic) bond motifs is 1. The van der Waals surface area contributed by atoms with Crippen LogP contribution in [-0.2, 0) is 11.3 Å². The van der Waals surface area contributed by atoms with E-state index in [1.54, 1.807) is 18.5 Å². The second-order valence-corrected chi connectivity index (χ2v) is 8.31. The van der Waals surface area contributed by atoms with Gasteiger partial charge in [-0.1, -0.05) is 19.4 Å². The topological polar surface area (TPSA) is 124 Å². The number of hydrogen-bond acceptors (Lipinski definition) is 9. The largest absolute Gasteiger partial charge is 0.496 e. The number of anilines is 1. The molecule has 3 aromatic rings. The van der Waals surface area contributed by atoms with Crippen molar-refractivity contribution in [3.8, 4) is 11.8 Å². The van der Waals surface area contributed by atoms with E-state index in [4.69, 9.17) is 14.2 Å². The maximum atomic E-state index is 11.3. The molecule has 0 unspecified atom stereocenters. The molecule has 0 spiro atoms. The first-order valence-electron chi connectivity index (χ1n) is 11.9. The molecule has 0 atom stereocenters. The Morgan fingerprint density at radius 2 is 2.09 bits per heavy atom. The summed E-state index contributed by atoms with van der Waals surface area (Å²) in [6.07, 6.45) is 3.62. The van der Waals surface area contributed by atoms with E-state index in [-0.39, 0.29) is 5.56 Å². The normalized spacial score (nSPS) is 14.2. The predicted molar refractivity (Wildman–Crippen MR) is 131 cm³/mol. The van der Waals surface area contributed by atoms with Gasteiger partial charge in [0, 0.05) is 31.7 Å². The van der Waals surface area contributed by atoms with E-state index in [0.717, 1.165) is 51.3 Å². The number of ether oxygens (including phenoxy) is 3. The number of nitrogens with zero attached hydrogens (tertiary/aromatic N) is 5. The van der Waals surface area contributed by atoms with Crippen molar-refractivity contribution in [2.24, 2.45) is 0 Å². The molecule has 4 rings (SSSR count). The first-order valence-corrected chi connectivity index (χ1v) is 11.9. The number of aromatic nitrogens is 4. The van der Waals surface area contributed by atoms with Crippen LogP contribution in [0.25, 0.3) is 11.2 Å². The van der Waals surface area contributed by atoms with E-state index in [1.165, 1.54) is 13.2 Å². The van der Waals surface area contributed by atoms with E-state index in [1.807, 2.05) is 4.57 Å². The van der Waals surface area contributed by atoms with Crippen molar-refractivity contribution in [2.45, 2.75) is 26.3 Å². The summed E-state index contributed by atoms with van der Waals surface area (Å²) in [5.74, 6) is 0.114. The lowest BCUT2D eigenvalue weighted by molar-refractivity contribution is 0.0398. The molecule has 1 fully saturated rings. The van der Waals surface area contributed by atoms with Gasteiger partial charge in [-0.15, -0.1) is 0 Å². The minimum atomic E-state index is -1.00. The van der Waals surface area contributed by atoms with Gasteiger partial charge in [0.15, 0.2) is 17.0 Å². The maximum absolute atomic E-state index is 11.3. The number of nitrogens with one attached hydrogen (secondary N) is 1. The number of hydrogen-bond donors (Lipinski definition) is 2. The molecule has 0 bridgehead atoms. The Morgan fingerprint density at radius 1 is 1.26 bits per heavy atom. The lowest BCUT2D eigenvalue weighted by Crippen LogP contribution is -2.39. The Morgan fingerprint density at radius 3 is 2.83 bits per heavy atom. The fourth-order valence-electron chi connectivity index (χ4n) is 3.88. The number of carboxylic acids is 1. The number of unbranched alkanes of at least 4 members (excludes halogenated alkanes) is 1. The maximum Gasteiger partial charge on any atom is 0.335 e. The van der Waals surface area contributed by atoms with E-state index < -0.39 is 5.97 Å². The molecule has 1 aromatic carbocycles. The molecule has 1 saturated heterocycles. The Balaban J connectivity index is 1.59. The molecule has 11 heteroatoms. The molecule has 0 amide bonds. The van der Waals surface area contributed by atoms with Crippen molar-refractivity contribution in [3.05, 3.63) is 35.7 Å². The van der Waals surface area contributed by atoms with Gasteiger partial charge in [-0.3, -0.25) is 4.90 Å². The van der Waals surface area contributed by atoms with Crippen LogP contribution < -0.4 is 14.8 Å². The number of aromatic carboxylic acids is 1. The Bertz CT molecular complexity index is 1140. The molecule has 0 radical (unpaired) electrons. The van der Waals surface area contributed by atoms with Crippen LogP contribution in [0.1, 0.15) is 35.7 Å². The smallest absolute Gasteiger partial charge is 0.335 e. The average molecular weight is 485 g/mol. The van der Waals surface area contributed by atoms with Gasteiger partial charge < -0.3 is 29.2 Å². The zero-order valence-electron chi connectivity index (χ0n) is 20.2. The molecule has 1 aliphatic heterocycles.